The summed E-state index contributed by atoms with van der Waals surface area (Å²) in [5, 5.41) is 4.14. The van der Waals surface area contributed by atoms with E-state index < -0.39 is 12.1 Å². The minimum absolute atomic E-state index is 0.0317. The SMILES string of the molecule is COC(=O)NC(=O)[C@H](C)[NH2+]C(c1ccccc1)c1ccccc1. The first-order valence-corrected chi connectivity index (χ1v) is 7.45. The topological polar surface area (TPSA) is 72.0 Å². The molecule has 2 rings (SSSR count). The Morgan fingerprint density at radius 3 is 1.87 bits per heavy atom. The summed E-state index contributed by atoms with van der Waals surface area (Å²) in [5.41, 5.74) is 2.19. The molecule has 0 unspecified atom stereocenters. The number of imide groups is 1. The predicted octanol–water partition coefficient (Wildman–Crippen LogP) is 1.61. The van der Waals surface area contributed by atoms with Crippen LogP contribution in [0.25, 0.3) is 0 Å². The number of ether oxygens (including phenoxy) is 1. The zero-order valence-electron chi connectivity index (χ0n) is 13.2. The molecule has 2 aromatic carbocycles. The van der Waals surface area contributed by atoms with Crippen molar-refractivity contribution in [3.05, 3.63) is 71.8 Å². The summed E-state index contributed by atoms with van der Waals surface area (Å²) in [4.78, 5) is 23.3. The normalized spacial score (nSPS) is 11.8. The summed E-state index contributed by atoms with van der Waals surface area (Å²) in [6.07, 6.45) is -0.744. The third kappa shape index (κ3) is 4.66. The summed E-state index contributed by atoms with van der Waals surface area (Å²) in [5.74, 6) is -0.381. The summed E-state index contributed by atoms with van der Waals surface area (Å²) in [6.45, 7) is 1.76. The number of benzene rings is 2. The van der Waals surface area contributed by atoms with E-state index in [0.29, 0.717) is 0 Å². The number of hydrogen-bond acceptors (Lipinski definition) is 3. The Morgan fingerprint density at radius 1 is 0.957 bits per heavy atom. The molecule has 3 N–H and O–H groups in total. The second kappa shape index (κ2) is 8.10. The van der Waals surface area contributed by atoms with Crippen LogP contribution in [-0.4, -0.2) is 25.2 Å². The molecule has 0 saturated carbocycles. The zero-order valence-corrected chi connectivity index (χ0v) is 13.2. The summed E-state index contributed by atoms with van der Waals surface area (Å²) in [6, 6.07) is 19.4. The van der Waals surface area contributed by atoms with Crippen LogP contribution in [0, 0.1) is 0 Å². The number of alkyl carbamates (subject to hydrolysis) is 1. The Labute approximate surface area is 135 Å². The van der Waals surface area contributed by atoms with E-state index in [1.807, 2.05) is 66.0 Å². The number of carbonyl (C=O) groups excluding carboxylic acids is 2. The highest BCUT2D eigenvalue weighted by molar-refractivity contribution is 5.93. The number of quaternary nitrogens is 1. The number of methoxy groups -OCH3 is 1. The fourth-order valence-corrected chi connectivity index (χ4v) is 2.38. The monoisotopic (exact) mass is 313 g/mol. The van der Waals surface area contributed by atoms with Gasteiger partial charge in [-0.3, -0.25) is 10.1 Å². The second-order valence-electron chi connectivity index (χ2n) is 5.26. The number of amides is 2. The fourth-order valence-electron chi connectivity index (χ4n) is 2.38. The molecule has 0 heterocycles. The van der Waals surface area contributed by atoms with Crippen LogP contribution in [0.15, 0.2) is 60.7 Å². The van der Waals surface area contributed by atoms with Crippen LogP contribution in [0.4, 0.5) is 4.79 Å². The van der Waals surface area contributed by atoms with Crippen LogP contribution in [0.1, 0.15) is 24.1 Å². The van der Waals surface area contributed by atoms with E-state index in [1.165, 1.54) is 7.11 Å². The number of rotatable bonds is 5. The quantitative estimate of drug-likeness (QED) is 0.881. The molecule has 0 aliphatic carbocycles. The van der Waals surface area contributed by atoms with Gasteiger partial charge in [0.2, 0.25) is 0 Å². The molecular formula is C18H21N2O3+. The lowest BCUT2D eigenvalue weighted by atomic mass is 9.98. The Morgan fingerprint density at radius 2 is 1.43 bits per heavy atom. The molecule has 5 nitrogen and oxygen atoms in total. The van der Waals surface area contributed by atoms with Crippen LogP contribution in [0.3, 0.4) is 0 Å². The molecule has 2 amide bonds. The van der Waals surface area contributed by atoms with Crippen molar-refractivity contribution in [1.29, 1.82) is 0 Å². The van der Waals surface area contributed by atoms with Gasteiger partial charge in [0.15, 0.2) is 6.04 Å². The van der Waals surface area contributed by atoms with Gasteiger partial charge in [0.1, 0.15) is 6.04 Å². The van der Waals surface area contributed by atoms with Crippen molar-refractivity contribution >= 4 is 12.0 Å². The van der Waals surface area contributed by atoms with Crippen molar-refractivity contribution in [3.63, 3.8) is 0 Å². The van der Waals surface area contributed by atoms with Gasteiger partial charge in [0.05, 0.1) is 7.11 Å². The van der Waals surface area contributed by atoms with Gasteiger partial charge in [-0.05, 0) is 6.92 Å². The highest BCUT2D eigenvalue weighted by atomic mass is 16.5. The summed E-state index contributed by atoms with van der Waals surface area (Å²) in [7, 11) is 1.23. The fraction of sp³-hybridized carbons (Fsp3) is 0.222. The minimum atomic E-state index is -0.744. The molecule has 0 bridgehead atoms. The van der Waals surface area contributed by atoms with Gasteiger partial charge >= 0.3 is 6.09 Å². The van der Waals surface area contributed by atoms with Crippen LogP contribution in [0.5, 0.6) is 0 Å². The van der Waals surface area contributed by atoms with Gasteiger partial charge in [0.25, 0.3) is 5.91 Å². The molecular weight excluding hydrogens is 292 g/mol. The average Bonchev–Trinajstić information content (AvgIpc) is 2.60. The van der Waals surface area contributed by atoms with E-state index in [2.05, 4.69) is 10.1 Å². The van der Waals surface area contributed by atoms with Crippen LogP contribution >= 0.6 is 0 Å². The Hall–Kier alpha value is -2.66. The van der Waals surface area contributed by atoms with Crippen molar-refractivity contribution in [1.82, 2.24) is 5.32 Å². The third-order valence-corrected chi connectivity index (χ3v) is 3.62. The van der Waals surface area contributed by atoms with E-state index >= 15 is 0 Å². The van der Waals surface area contributed by atoms with Gasteiger partial charge in [0, 0.05) is 11.1 Å². The smallest absolute Gasteiger partial charge is 0.413 e. The van der Waals surface area contributed by atoms with Gasteiger partial charge in [-0.1, -0.05) is 60.7 Å². The van der Waals surface area contributed by atoms with E-state index in [1.54, 1.807) is 6.92 Å². The molecule has 120 valence electrons. The zero-order chi connectivity index (χ0) is 16.7. The first-order valence-electron chi connectivity index (χ1n) is 7.45. The van der Waals surface area contributed by atoms with Gasteiger partial charge in [-0.25, -0.2) is 4.79 Å². The largest absolute Gasteiger partial charge is 0.453 e. The summed E-state index contributed by atoms with van der Waals surface area (Å²) < 4.78 is 4.46. The lowest BCUT2D eigenvalue weighted by molar-refractivity contribution is -0.704. The van der Waals surface area contributed by atoms with Crippen LogP contribution in [0.2, 0.25) is 0 Å². The van der Waals surface area contributed by atoms with Crippen molar-refractivity contribution in [2.75, 3.05) is 7.11 Å². The number of hydrogen-bond donors (Lipinski definition) is 2. The number of carbonyl (C=O) groups is 2. The molecule has 2 aromatic rings. The van der Waals surface area contributed by atoms with E-state index in [0.717, 1.165) is 11.1 Å². The van der Waals surface area contributed by atoms with Crippen LogP contribution < -0.4 is 10.6 Å². The van der Waals surface area contributed by atoms with E-state index in [-0.39, 0.29) is 11.9 Å². The first-order chi connectivity index (χ1) is 11.1. The van der Waals surface area contributed by atoms with E-state index in [4.69, 9.17) is 0 Å². The van der Waals surface area contributed by atoms with Gasteiger partial charge in [-0.2, -0.15) is 0 Å². The highest BCUT2D eigenvalue weighted by Crippen LogP contribution is 2.17. The molecule has 0 aliphatic rings. The number of nitrogens with two attached hydrogens (primary N) is 1. The lowest BCUT2D eigenvalue weighted by Gasteiger charge is -2.20. The molecule has 0 aromatic heterocycles. The predicted molar refractivity (Wildman–Crippen MR) is 86.7 cm³/mol. The maximum atomic E-state index is 12.1. The molecule has 0 spiro atoms. The van der Waals surface area contributed by atoms with Gasteiger partial charge in [-0.15, -0.1) is 0 Å². The van der Waals surface area contributed by atoms with Crippen molar-refractivity contribution in [2.24, 2.45) is 0 Å². The highest BCUT2D eigenvalue weighted by Gasteiger charge is 2.25. The van der Waals surface area contributed by atoms with Crippen molar-refractivity contribution < 1.29 is 19.6 Å². The van der Waals surface area contributed by atoms with Crippen molar-refractivity contribution in [2.45, 2.75) is 19.0 Å². The van der Waals surface area contributed by atoms with Crippen molar-refractivity contribution in [3.8, 4) is 0 Å². The number of nitrogens with one attached hydrogen (secondary N) is 1. The Kier molecular flexibility index (Phi) is 5.88. The first kappa shape index (κ1) is 16.7. The third-order valence-electron chi connectivity index (χ3n) is 3.62. The molecule has 1 atom stereocenters. The van der Waals surface area contributed by atoms with Crippen LogP contribution in [-0.2, 0) is 9.53 Å². The molecule has 23 heavy (non-hydrogen) atoms. The van der Waals surface area contributed by atoms with Gasteiger partial charge < -0.3 is 10.1 Å². The lowest BCUT2D eigenvalue weighted by Crippen LogP contribution is -2.92. The maximum Gasteiger partial charge on any atom is 0.413 e. The molecule has 5 heteroatoms. The Bertz CT molecular complexity index is 604. The second-order valence-corrected chi connectivity index (χ2v) is 5.26. The van der Waals surface area contributed by atoms with E-state index in [9.17, 15) is 9.59 Å². The Balaban J connectivity index is 2.19. The molecule has 0 fully saturated rings. The standard InChI is InChI=1S/C18H20N2O3/c1-13(17(21)20-18(22)23-2)19-16(14-9-5-3-6-10-14)15-11-7-4-8-12-15/h3-13,16,19H,1-2H3,(H,20,21,22)/p+1/t13-/m0/s1. The average molecular weight is 313 g/mol. The molecule has 0 aliphatic heterocycles. The maximum absolute atomic E-state index is 12.1. The molecule has 0 radical (unpaired) electrons. The minimum Gasteiger partial charge on any atom is -0.453 e. The summed E-state index contributed by atoms with van der Waals surface area (Å²) >= 11 is 0. The molecule has 0 saturated heterocycles.